The number of halogens is 2. The van der Waals surface area contributed by atoms with Gasteiger partial charge in [0.2, 0.25) is 0 Å². The predicted octanol–water partition coefficient (Wildman–Crippen LogP) is 4.22. The fourth-order valence-electron chi connectivity index (χ4n) is 1.58. The number of rotatable bonds is 1. The van der Waals surface area contributed by atoms with Crippen LogP contribution >= 0.6 is 39.3 Å². The lowest BCUT2D eigenvalue weighted by Gasteiger charge is -2.19. The molecular weight excluding hydrogens is 294 g/mol. The lowest BCUT2D eigenvalue weighted by Crippen LogP contribution is -2.35. The van der Waals surface area contributed by atoms with Crippen LogP contribution in [0.1, 0.15) is 24.8 Å². The van der Waals surface area contributed by atoms with E-state index in [2.05, 4.69) is 41.2 Å². The summed E-state index contributed by atoms with van der Waals surface area (Å²) in [7, 11) is 0. The van der Waals surface area contributed by atoms with E-state index < -0.39 is 0 Å². The van der Waals surface area contributed by atoms with Gasteiger partial charge in [0, 0.05) is 15.8 Å². The van der Waals surface area contributed by atoms with Gasteiger partial charge in [-0.3, -0.25) is 5.32 Å². The van der Waals surface area contributed by atoms with E-state index in [0.29, 0.717) is 5.37 Å². The molecule has 1 N–H and O–H groups in total. The smallest absolute Gasteiger partial charge is 0.0794 e. The Bertz CT molecular complexity index is 381. The molecule has 0 radical (unpaired) electrons. The Kier molecular flexibility index (Phi) is 3.36. The fraction of sp³-hybridized carbons (Fsp3) is 0.455. The summed E-state index contributed by atoms with van der Waals surface area (Å²) in [5.41, 5.74) is 1.47. The Hall–Kier alpha value is 0.300. The van der Waals surface area contributed by atoms with E-state index in [1.54, 1.807) is 0 Å². The molecule has 1 aliphatic rings. The molecule has 1 saturated heterocycles. The SMILES string of the molecule is CC1(C)CSC(c2ccc(Br)c(Cl)c2)N1. The van der Waals surface area contributed by atoms with Crippen LogP contribution in [0, 0.1) is 0 Å². The van der Waals surface area contributed by atoms with Crippen molar-refractivity contribution in [3.8, 4) is 0 Å². The van der Waals surface area contributed by atoms with Gasteiger partial charge in [-0.25, -0.2) is 0 Å². The van der Waals surface area contributed by atoms with Gasteiger partial charge in [0.15, 0.2) is 0 Å². The maximum absolute atomic E-state index is 6.08. The van der Waals surface area contributed by atoms with Gasteiger partial charge in [-0.1, -0.05) is 17.7 Å². The molecule has 4 heteroatoms. The van der Waals surface area contributed by atoms with Gasteiger partial charge in [-0.05, 0) is 47.5 Å². The molecule has 0 spiro atoms. The zero-order chi connectivity index (χ0) is 11.1. The molecule has 1 nitrogen and oxygen atoms in total. The third-order valence-electron chi connectivity index (χ3n) is 2.38. The zero-order valence-electron chi connectivity index (χ0n) is 8.68. The van der Waals surface area contributed by atoms with Crippen LogP contribution in [0.15, 0.2) is 22.7 Å². The molecule has 1 atom stereocenters. The van der Waals surface area contributed by atoms with Crippen LogP contribution in [0.25, 0.3) is 0 Å². The summed E-state index contributed by atoms with van der Waals surface area (Å²) in [5, 5.41) is 4.73. The van der Waals surface area contributed by atoms with Crippen molar-refractivity contribution in [3.05, 3.63) is 33.3 Å². The molecule has 0 bridgehead atoms. The molecule has 0 aliphatic carbocycles. The van der Waals surface area contributed by atoms with Crippen molar-refractivity contribution >= 4 is 39.3 Å². The van der Waals surface area contributed by atoms with Crippen molar-refractivity contribution in [1.29, 1.82) is 0 Å². The van der Waals surface area contributed by atoms with Crippen molar-refractivity contribution in [1.82, 2.24) is 5.32 Å². The Morgan fingerprint density at radius 2 is 2.27 bits per heavy atom. The average molecular weight is 307 g/mol. The topological polar surface area (TPSA) is 12.0 Å². The van der Waals surface area contributed by atoms with Gasteiger partial charge >= 0.3 is 0 Å². The standard InChI is InChI=1S/C11H13BrClNS/c1-11(2)6-15-10(14-11)7-3-4-8(12)9(13)5-7/h3-5,10,14H,6H2,1-2H3. The summed E-state index contributed by atoms with van der Waals surface area (Å²) >= 11 is 11.4. The summed E-state index contributed by atoms with van der Waals surface area (Å²) in [4.78, 5) is 0. The van der Waals surface area contributed by atoms with Crippen LogP contribution in [-0.4, -0.2) is 11.3 Å². The molecule has 1 aromatic carbocycles. The van der Waals surface area contributed by atoms with E-state index in [0.717, 1.165) is 15.2 Å². The fourth-order valence-corrected chi connectivity index (χ4v) is 3.43. The van der Waals surface area contributed by atoms with Crippen molar-refractivity contribution in [3.63, 3.8) is 0 Å². The molecule has 0 aromatic heterocycles. The van der Waals surface area contributed by atoms with Crippen molar-refractivity contribution in [2.24, 2.45) is 0 Å². The van der Waals surface area contributed by atoms with E-state index in [9.17, 15) is 0 Å². The predicted molar refractivity (Wildman–Crippen MR) is 71.6 cm³/mol. The first-order valence-corrected chi connectivity index (χ1v) is 7.04. The second-order valence-electron chi connectivity index (χ2n) is 4.39. The maximum atomic E-state index is 6.08. The highest BCUT2D eigenvalue weighted by Crippen LogP contribution is 2.38. The van der Waals surface area contributed by atoms with E-state index in [-0.39, 0.29) is 5.54 Å². The molecule has 1 unspecified atom stereocenters. The molecule has 1 aliphatic heterocycles. The van der Waals surface area contributed by atoms with Crippen molar-refractivity contribution < 1.29 is 0 Å². The lowest BCUT2D eigenvalue weighted by atomic mass is 10.1. The largest absolute Gasteiger partial charge is 0.296 e. The van der Waals surface area contributed by atoms with Crippen molar-refractivity contribution in [2.45, 2.75) is 24.8 Å². The van der Waals surface area contributed by atoms with Gasteiger partial charge in [-0.2, -0.15) is 0 Å². The van der Waals surface area contributed by atoms with Crippen molar-refractivity contribution in [2.75, 3.05) is 5.75 Å². The summed E-state index contributed by atoms with van der Waals surface area (Å²) < 4.78 is 0.954. The summed E-state index contributed by atoms with van der Waals surface area (Å²) in [6, 6.07) is 6.14. The Labute approximate surface area is 108 Å². The minimum atomic E-state index is 0.217. The third-order valence-corrected chi connectivity index (χ3v) is 5.22. The molecule has 1 aromatic rings. The minimum absolute atomic E-state index is 0.217. The summed E-state index contributed by atoms with van der Waals surface area (Å²) in [6.07, 6.45) is 0. The Morgan fingerprint density at radius 1 is 1.53 bits per heavy atom. The average Bonchev–Trinajstić information content (AvgIpc) is 2.51. The normalized spacial score (nSPS) is 24.4. The molecule has 0 amide bonds. The number of thioether (sulfide) groups is 1. The van der Waals surface area contributed by atoms with Crippen LogP contribution in [-0.2, 0) is 0 Å². The van der Waals surface area contributed by atoms with Gasteiger partial charge in [0.25, 0.3) is 0 Å². The van der Waals surface area contributed by atoms with E-state index in [1.807, 2.05) is 23.9 Å². The zero-order valence-corrected chi connectivity index (χ0v) is 11.8. The second kappa shape index (κ2) is 4.28. The van der Waals surface area contributed by atoms with Crippen LogP contribution in [0.5, 0.6) is 0 Å². The Morgan fingerprint density at radius 3 is 2.80 bits per heavy atom. The molecule has 82 valence electrons. The first kappa shape index (κ1) is 11.8. The highest BCUT2D eigenvalue weighted by Gasteiger charge is 2.31. The second-order valence-corrected chi connectivity index (χ2v) is 6.75. The molecule has 1 heterocycles. The lowest BCUT2D eigenvalue weighted by molar-refractivity contribution is 0.452. The molecule has 2 rings (SSSR count). The first-order valence-electron chi connectivity index (χ1n) is 4.82. The molecular formula is C11H13BrClNS. The van der Waals surface area contributed by atoms with E-state index in [1.165, 1.54) is 5.56 Å². The monoisotopic (exact) mass is 305 g/mol. The quantitative estimate of drug-likeness (QED) is 0.834. The maximum Gasteiger partial charge on any atom is 0.0794 e. The van der Waals surface area contributed by atoms with Gasteiger partial charge < -0.3 is 0 Å². The Balaban J connectivity index is 2.21. The highest BCUT2D eigenvalue weighted by molar-refractivity contribution is 9.10. The van der Waals surface area contributed by atoms with Crippen LogP contribution < -0.4 is 5.32 Å². The van der Waals surface area contributed by atoms with Crippen LogP contribution in [0.4, 0.5) is 0 Å². The van der Waals surface area contributed by atoms with E-state index >= 15 is 0 Å². The van der Waals surface area contributed by atoms with E-state index in [4.69, 9.17) is 11.6 Å². The number of hydrogen-bond donors (Lipinski definition) is 1. The van der Waals surface area contributed by atoms with Crippen LogP contribution in [0.2, 0.25) is 5.02 Å². The number of benzene rings is 1. The summed E-state index contributed by atoms with van der Waals surface area (Å²) in [5.74, 6) is 1.13. The summed E-state index contributed by atoms with van der Waals surface area (Å²) in [6.45, 7) is 4.45. The first-order chi connectivity index (χ1) is 6.98. The third kappa shape index (κ3) is 2.70. The van der Waals surface area contributed by atoms with Gasteiger partial charge in [0.1, 0.15) is 0 Å². The minimum Gasteiger partial charge on any atom is -0.296 e. The molecule has 1 fully saturated rings. The van der Waals surface area contributed by atoms with Gasteiger partial charge in [0.05, 0.1) is 10.4 Å². The highest BCUT2D eigenvalue weighted by atomic mass is 79.9. The number of nitrogens with one attached hydrogen (secondary N) is 1. The molecule has 15 heavy (non-hydrogen) atoms. The number of hydrogen-bond acceptors (Lipinski definition) is 2. The van der Waals surface area contributed by atoms with Gasteiger partial charge in [-0.15, -0.1) is 11.8 Å². The van der Waals surface area contributed by atoms with Crippen LogP contribution in [0.3, 0.4) is 0 Å². The molecule has 0 saturated carbocycles.